The molecular formula is C25H29FN4O3. The van der Waals surface area contributed by atoms with Crippen LogP contribution in [0.4, 0.5) is 14.9 Å². The molecule has 2 saturated heterocycles. The zero-order chi connectivity index (χ0) is 23.0. The Labute approximate surface area is 193 Å². The van der Waals surface area contributed by atoms with E-state index in [1.165, 1.54) is 7.11 Å². The number of hydrogen-bond acceptors (Lipinski definition) is 5. The number of halogens is 1. The van der Waals surface area contributed by atoms with Gasteiger partial charge in [0, 0.05) is 68.8 Å². The van der Waals surface area contributed by atoms with Crippen molar-refractivity contribution in [3.63, 3.8) is 0 Å². The van der Waals surface area contributed by atoms with E-state index in [0.29, 0.717) is 57.7 Å². The fourth-order valence-electron chi connectivity index (χ4n) is 5.23. The van der Waals surface area contributed by atoms with Crippen LogP contribution in [-0.2, 0) is 14.9 Å². The van der Waals surface area contributed by atoms with Crippen LogP contribution in [0.15, 0.2) is 42.7 Å². The van der Waals surface area contributed by atoms with Crippen molar-refractivity contribution in [1.29, 1.82) is 0 Å². The van der Waals surface area contributed by atoms with E-state index in [1.807, 2.05) is 23.2 Å². The van der Waals surface area contributed by atoms with Crippen molar-refractivity contribution in [3.8, 4) is 0 Å². The lowest BCUT2D eigenvalue weighted by molar-refractivity contribution is -0.133. The first-order chi connectivity index (χ1) is 16.0. The average molecular weight is 453 g/mol. The number of aromatic nitrogens is 1. The standard InChI is InChI=1S/C25H29FN4O3/c1-33-24(32)29-13-11-28(12-14-29)20-4-5-21(22(26)15-20)25(7-8-25)23(31)30-10-6-19(17-30)18-3-2-9-27-16-18/h2-5,9,15-16,19H,6-8,10-14,17H2,1H3. The second-order valence-corrected chi connectivity index (χ2v) is 9.21. The third kappa shape index (κ3) is 4.03. The van der Waals surface area contributed by atoms with E-state index >= 15 is 4.39 Å². The fourth-order valence-corrected chi connectivity index (χ4v) is 5.23. The lowest BCUT2D eigenvalue weighted by atomic mass is 9.93. The number of carbonyl (C=O) groups is 2. The number of amides is 2. The van der Waals surface area contributed by atoms with E-state index in [2.05, 4.69) is 16.0 Å². The highest BCUT2D eigenvalue weighted by Crippen LogP contribution is 2.51. The Morgan fingerprint density at radius 2 is 1.88 bits per heavy atom. The minimum Gasteiger partial charge on any atom is -0.453 e. The summed E-state index contributed by atoms with van der Waals surface area (Å²) in [6, 6.07) is 9.22. The molecule has 174 valence electrons. The fraction of sp³-hybridized carbons (Fsp3) is 0.480. The quantitative estimate of drug-likeness (QED) is 0.713. The smallest absolute Gasteiger partial charge is 0.409 e. The SMILES string of the molecule is COC(=O)N1CCN(c2ccc(C3(C(=O)N4CCC(c5cccnc5)C4)CC3)c(F)c2)CC1. The molecular weight excluding hydrogens is 423 g/mol. The monoisotopic (exact) mass is 452 g/mol. The number of rotatable bonds is 4. The van der Waals surface area contributed by atoms with E-state index in [4.69, 9.17) is 4.74 Å². The summed E-state index contributed by atoms with van der Waals surface area (Å²) in [6.45, 7) is 3.65. The van der Waals surface area contributed by atoms with E-state index < -0.39 is 5.41 Å². The Morgan fingerprint density at radius 3 is 2.52 bits per heavy atom. The van der Waals surface area contributed by atoms with Crippen LogP contribution in [0.2, 0.25) is 0 Å². The van der Waals surface area contributed by atoms with Crippen molar-refractivity contribution in [2.24, 2.45) is 0 Å². The van der Waals surface area contributed by atoms with Crippen LogP contribution in [0.1, 0.15) is 36.3 Å². The van der Waals surface area contributed by atoms with Crippen molar-refractivity contribution >= 4 is 17.7 Å². The molecule has 0 radical (unpaired) electrons. The third-order valence-electron chi connectivity index (χ3n) is 7.34. The number of carbonyl (C=O) groups excluding carboxylic acids is 2. The maximum absolute atomic E-state index is 15.3. The molecule has 1 aromatic heterocycles. The molecule has 33 heavy (non-hydrogen) atoms. The summed E-state index contributed by atoms with van der Waals surface area (Å²) in [4.78, 5) is 35.0. The van der Waals surface area contributed by atoms with Gasteiger partial charge in [0.1, 0.15) is 5.82 Å². The van der Waals surface area contributed by atoms with Gasteiger partial charge in [-0.3, -0.25) is 9.78 Å². The highest BCUT2D eigenvalue weighted by Gasteiger charge is 2.55. The molecule has 0 spiro atoms. The molecule has 3 fully saturated rings. The van der Waals surface area contributed by atoms with Crippen LogP contribution in [0.5, 0.6) is 0 Å². The third-order valence-corrected chi connectivity index (χ3v) is 7.34. The molecule has 1 unspecified atom stereocenters. The van der Waals surface area contributed by atoms with E-state index in [-0.39, 0.29) is 23.7 Å². The number of pyridine rings is 1. The maximum Gasteiger partial charge on any atom is 0.409 e. The molecule has 5 rings (SSSR count). The number of methoxy groups -OCH3 is 1. The summed E-state index contributed by atoms with van der Waals surface area (Å²) in [5.41, 5.74) is 1.72. The van der Waals surface area contributed by atoms with Crippen LogP contribution in [0.3, 0.4) is 0 Å². The molecule has 7 nitrogen and oxygen atoms in total. The van der Waals surface area contributed by atoms with Gasteiger partial charge < -0.3 is 19.4 Å². The van der Waals surface area contributed by atoms with Crippen LogP contribution in [-0.4, -0.2) is 73.2 Å². The van der Waals surface area contributed by atoms with E-state index in [0.717, 1.165) is 17.7 Å². The number of anilines is 1. The van der Waals surface area contributed by atoms with Crippen LogP contribution >= 0.6 is 0 Å². The number of nitrogens with zero attached hydrogens (tertiary/aromatic N) is 4. The molecule has 8 heteroatoms. The Bertz CT molecular complexity index is 1040. The molecule has 1 saturated carbocycles. The summed E-state index contributed by atoms with van der Waals surface area (Å²) in [7, 11) is 1.37. The van der Waals surface area contributed by atoms with Gasteiger partial charge in [0.15, 0.2) is 0 Å². The molecule has 2 aliphatic heterocycles. The van der Waals surface area contributed by atoms with Gasteiger partial charge in [-0.05, 0) is 43.0 Å². The minimum atomic E-state index is -0.726. The first-order valence-corrected chi connectivity index (χ1v) is 11.6. The molecule has 3 heterocycles. The van der Waals surface area contributed by atoms with Gasteiger partial charge in [0.2, 0.25) is 5.91 Å². The van der Waals surface area contributed by atoms with Crippen molar-refractivity contribution in [2.45, 2.75) is 30.6 Å². The summed E-state index contributed by atoms with van der Waals surface area (Å²) >= 11 is 0. The maximum atomic E-state index is 15.3. The zero-order valence-electron chi connectivity index (χ0n) is 18.9. The summed E-state index contributed by atoms with van der Waals surface area (Å²) in [5, 5.41) is 0. The second-order valence-electron chi connectivity index (χ2n) is 9.21. The van der Waals surface area contributed by atoms with Gasteiger partial charge in [0.05, 0.1) is 12.5 Å². The molecule has 0 bridgehead atoms. The summed E-state index contributed by atoms with van der Waals surface area (Å²) in [6.07, 6.45) is 5.58. The molecule has 1 atom stereocenters. The lowest BCUT2D eigenvalue weighted by Crippen LogP contribution is -2.48. The largest absolute Gasteiger partial charge is 0.453 e. The van der Waals surface area contributed by atoms with E-state index in [1.54, 1.807) is 23.2 Å². The van der Waals surface area contributed by atoms with Gasteiger partial charge in [-0.1, -0.05) is 12.1 Å². The first-order valence-electron chi connectivity index (χ1n) is 11.6. The van der Waals surface area contributed by atoms with E-state index in [9.17, 15) is 9.59 Å². The Morgan fingerprint density at radius 1 is 1.09 bits per heavy atom. The molecule has 3 aliphatic rings. The van der Waals surface area contributed by atoms with Crippen LogP contribution < -0.4 is 4.90 Å². The van der Waals surface area contributed by atoms with Gasteiger partial charge >= 0.3 is 6.09 Å². The van der Waals surface area contributed by atoms with Gasteiger partial charge in [-0.2, -0.15) is 0 Å². The first kappa shape index (κ1) is 21.7. The van der Waals surface area contributed by atoms with Crippen molar-refractivity contribution in [3.05, 3.63) is 59.7 Å². The summed E-state index contributed by atoms with van der Waals surface area (Å²) in [5.74, 6) is 0.0123. The number of benzene rings is 1. The predicted octanol–water partition coefficient (Wildman–Crippen LogP) is 3.16. The Kier molecular flexibility index (Phi) is 5.68. The average Bonchev–Trinajstić information content (AvgIpc) is 3.51. The normalized spacial score (nSPS) is 21.8. The second kappa shape index (κ2) is 8.65. The Hall–Kier alpha value is -3.16. The van der Waals surface area contributed by atoms with Crippen molar-refractivity contribution in [1.82, 2.24) is 14.8 Å². The lowest BCUT2D eigenvalue weighted by Gasteiger charge is -2.35. The Balaban J connectivity index is 1.27. The molecule has 0 N–H and O–H groups in total. The molecule has 1 aliphatic carbocycles. The highest BCUT2D eigenvalue weighted by atomic mass is 19.1. The highest BCUT2D eigenvalue weighted by molar-refractivity contribution is 5.91. The van der Waals surface area contributed by atoms with Crippen molar-refractivity contribution < 1.29 is 18.7 Å². The van der Waals surface area contributed by atoms with Gasteiger partial charge in [0.25, 0.3) is 0 Å². The van der Waals surface area contributed by atoms with Crippen molar-refractivity contribution in [2.75, 3.05) is 51.3 Å². The number of likely N-dealkylation sites (tertiary alicyclic amines) is 1. The molecule has 2 aromatic rings. The van der Waals surface area contributed by atoms with Gasteiger partial charge in [-0.15, -0.1) is 0 Å². The minimum absolute atomic E-state index is 0.0484. The summed E-state index contributed by atoms with van der Waals surface area (Å²) < 4.78 is 20.1. The topological polar surface area (TPSA) is 66.0 Å². The van der Waals surface area contributed by atoms with Crippen LogP contribution in [0.25, 0.3) is 0 Å². The van der Waals surface area contributed by atoms with Crippen LogP contribution in [0, 0.1) is 5.82 Å². The van der Waals surface area contributed by atoms with Gasteiger partial charge in [-0.25, -0.2) is 9.18 Å². The molecule has 1 aromatic carbocycles. The zero-order valence-corrected chi connectivity index (χ0v) is 18.9. The number of ether oxygens (including phenoxy) is 1. The number of piperazine rings is 1. The molecule has 2 amide bonds. The predicted molar refractivity (Wildman–Crippen MR) is 122 cm³/mol. The number of hydrogen-bond donors (Lipinski definition) is 0.